The topological polar surface area (TPSA) is 62.4 Å². The van der Waals surface area contributed by atoms with Crippen molar-refractivity contribution in [2.45, 2.75) is 51.2 Å². The summed E-state index contributed by atoms with van der Waals surface area (Å²) < 4.78 is 5.38. The first-order valence-corrected chi connectivity index (χ1v) is 8.58. The fourth-order valence-electron chi connectivity index (χ4n) is 3.30. The van der Waals surface area contributed by atoms with Crippen molar-refractivity contribution in [2.75, 3.05) is 13.1 Å². The van der Waals surface area contributed by atoms with Crippen LogP contribution in [0, 0.1) is 0 Å². The third-order valence-electron chi connectivity index (χ3n) is 4.64. The van der Waals surface area contributed by atoms with Crippen LogP contribution < -0.4 is 0 Å². The molecule has 0 spiro atoms. The van der Waals surface area contributed by atoms with E-state index in [-0.39, 0.29) is 12.1 Å². The van der Waals surface area contributed by atoms with Gasteiger partial charge in [0.25, 0.3) is 0 Å². The van der Waals surface area contributed by atoms with Crippen molar-refractivity contribution in [1.82, 2.24) is 15.0 Å². The van der Waals surface area contributed by atoms with E-state index in [4.69, 9.17) is 4.52 Å². The Labute approximate surface area is 137 Å². The third kappa shape index (κ3) is 3.98. The van der Waals surface area contributed by atoms with Crippen molar-refractivity contribution >= 4 is 0 Å². The number of aliphatic hydroxyl groups excluding tert-OH is 1. The highest BCUT2D eigenvalue weighted by atomic mass is 16.5. The molecule has 1 aromatic heterocycles. The molecule has 23 heavy (non-hydrogen) atoms. The minimum absolute atomic E-state index is 0.238. The highest BCUT2D eigenvalue weighted by Crippen LogP contribution is 2.22. The van der Waals surface area contributed by atoms with E-state index in [2.05, 4.69) is 15.0 Å². The van der Waals surface area contributed by atoms with Crippen LogP contribution in [-0.4, -0.2) is 45.4 Å². The fraction of sp³-hybridized carbons (Fsp3) is 0.556. The molecule has 1 N–H and O–H groups in total. The van der Waals surface area contributed by atoms with E-state index in [0.717, 1.165) is 37.9 Å². The largest absolute Gasteiger partial charge is 0.392 e. The Morgan fingerprint density at radius 3 is 2.91 bits per heavy atom. The van der Waals surface area contributed by atoms with Crippen LogP contribution in [0.3, 0.4) is 0 Å². The van der Waals surface area contributed by atoms with Crippen LogP contribution >= 0.6 is 0 Å². The number of hydrogen-bond donors (Lipinski definition) is 1. The van der Waals surface area contributed by atoms with E-state index in [1.165, 1.54) is 12.8 Å². The second kappa shape index (κ2) is 7.70. The molecule has 1 aliphatic heterocycles. The molecule has 3 rings (SSSR count). The number of rotatable bonds is 6. The van der Waals surface area contributed by atoms with Gasteiger partial charge < -0.3 is 9.63 Å². The molecule has 2 heterocycles. The average Bonchev–Trinajstić information content (AvgIpc) is 3.09. The normalized spacial score (nSPS) is 20.5. The van der Waals surface area contributed by atoms with Gasteiger partial charge in [-0.1, -0.05) is 48.8 Å². The summed E-state index contributed by atoms with van der Waals surface area (Å²) in [4.78, 5) is 6.87. The predicted octanol–water partition coefficient (Wildman–Crippen LogP) is 2.90. The lowest BCUT2D eigenvalue weighted by Gasteiger charge is -2.38. The summed E-state index contributed by atoms with van der Waals surface area (Å²) in [5, 5.41) is 14.3. The van der Waals surface area contributed by atoms with E-state index in [9.17, 15) is 5.11 Å². The highest BCUT2D eigenvalue weighted by molar-refractivity contribution is 5.53. The van der Waals surface area contributed by atoms with E-state index in [0.29, 0.717) is 11.7 Å². The molecule has 2 aromatic rings. The van der Waals surface area contributed by atoms with Crippen molar-refractivity contribution in [2.24, 2.45) is 0 Å². The molecule has 5 heteroatoms. The number of aromatic nitrogens is 2. The van der Waals surface area contributed by atoms with Crippen molar-refractivity contribution in [3.63, 3.8) is 0 Å². The lowest BCUT2D eigenvalue weighted by Crippen LogP contribution is -2.47. The number of hydrogen-bond acceptors (Lipinski definition) is 5. The van der Waals surface area contributed by atoms with Crippen LogP contribution in [0.5, 0.6) is 0 Å². The molecule has 0 radical (unpaired) electrons. The monoisotopic (exact) mass is 315 g/mol. The molecule has 0 aliphatic carbocycles. The molecule has 2 unspecified atom stereocenters. The van der Waals surface area contributed by atoms with Gasteiger partial charge in [0, 0.05) is 24.6 Å². The zero-order valence-corrected chi connectivity index (χ0v) is 13.7. The van der Waals surface area contributed by atoms with Crippen molar-refractivity contribution in [3.05, 3.63) is 36.2 Å². The summed E-state index contributed by atoms with van der Waals surface area (Å²) >= 11 is 0. The second-order valence-electron chi connectivity index (χ2n) is 6.20. The molecular formula is C18H25N3O2. The van der Waals surface area contributed by atoms with Gasteiger partial charge in [0.2, 0.25) is 11.7 Å². The minimum atomic E-state index is -0.238. The first kappa shape index (κ1) is 16.1. The Kier molecular flexibility index (Phi) is 5.41. The number of aliphatic hydroxyl groups is 1. The first-order valence-electron chi connectivity index (χ1n) is 8.58. The molecular weight excluding hydrogens is 290 g/mol. The molecule has 1 fully saturated rings. The summed E-state index contributed by atoms with van der Waals surface area (Å²) in [5.74, 6) is 1.31. The molecule has 1 saturated heterocycles. The van der Waals surface area contributed by atoms with Crippen molar-refractivity contribution < 1.29 is 9.63 Å². The number of likely N-dealkylation sites (tertiary alicyclic amines) is 1. The molecule has 124 valence electrons. The fourth-order valence-corrected chi connectivity index (χ4v) is 3.30. The van der Waals surface area contributed by atoms with Crippen LogP contribution in [0.15, 0.2) is 34.9 Å². The van der Waals surface area contributed by atoms with E-state index in [1.807, 2.05) is 37.3 Å². The Balaban J connectivity index is 1.60. The quantitative estimate of drug-likeness (QED) is 0.888. The van der Waals surface area contributed by atoms with Crippen LogP contribution in [0.4, 0.5) is 0 Å². The van der Waals surface area contributed by atoms with Gasteiger partial charge in [-0.2, -0.15) is 4.98 Å². The maximum absolute atomic E-state index is 10.2. The zero-order valence-electron chi connectivity index (χ0n) is 13.7. The minimum Gasteiger partial charge on any atom is -0.392 e. The van der Waals surface area contributed by atoms with Gasteiger partial charge in [-0.3, -0.25) is 4.90 Å². The SMILES string of the molecule is CCC(O)C1CCCCN1CCc1nc(-c2ccccc2)no1. The molecule has 5 nitrogen and oxygen atoms in total. The Hall–Kier alpha value is -1.72. The maximum atomic E-state index is 10.2. The zero-order chi connectivity index (χ0) is 16.1. The highest BCUT2D eigenvalue weighted by Gasteiger charge is 2.27. The van der Waals surface area contributed by atoms with E-state index >= 15 is 0 Å². The molecule has 1 aromatic carbocycles. The molecule has 0 saturated carbocycles. The van der Waals surface area contributed by atoms with Crippen LogP contribution in [0.25, 0.3) is 11.4 Å². The summed E-state index contributed by atoms with van der Waals surface area (Å²) in [6, 6.07) is 10.1. The standard InChI is InChI=1S/C18H25N3O2/c1-2-16(22)15-10-6-7-12-21(15)13-11-17-19-18(20-23-17)14-8-4-3-5-9-14/h3-5,8-9,15-16,22H,2,6-7,10-13H2,1H3. The molecule has 2 atom stereocenters. The Bertz CT molecular complexity index is 599. The van der Waals surface area contributed by atoms with Gasteiger partial charge in [-0.05, 0) is 25.8 Å². The maximum Gasteiger partial charge on any atom is 0.228 e. The van der Waals surface area contributed by atoms with Gasteiger partial charge in [0.05, 0.1) is 6.10 Å². The number of piperidine rings is 1. The van der Waals surface area contributed by atoms with E-state index in [1.54, 1.807) is 0 Å². The smallest absolute Gasteiger partial charge is 0.228 e. The Morgan fingerprint density at radius 2 is 2.13 bits per heavy atom. The van der Waals surface area contributed by atoms with Gasteiger partial charge in [-0.25, -0.2) is 0 Å². The summed E-state index contributed by atoms with van der Waals surface area (Å²) in [7, 11) is 0. The lowest BCUT2D eigenvalue weighted by atomic mass is 9.96. The predicted molar refractivity (Wildman–Crippen MR) is 88.9 cm³/mol. The first-order chi connectivity index (χ1) is 11.3. The molecule has 0 bridgehead atoms. The van der Waals surface area contributed by atoms with Crippen LogP contribution in [0.2, 0.25) is 0 Å². The third-order valence-corrected chi connectivity index (χ3v) is 4.64. The van der Waals surface area contributed by atoms with Gasteiger partial charge in [-0.15, -0.1) is 0 Å². The van der Waals surface area contributed by atoms with Crippen LogP contribution in [-0.2, 0) is 6.42 Å². The second-order valence-corrected chi connectivity index (χ2v) is 6.20. The number of nitrogens with zero attached hydrogens (tertiary/aromatic N) is 3. The van der Waals surface area contributed by atoms with Gasteiger partial charge >= 0.3 is 0 Å². The van der Waals surface area contributed by atoms with Gasteiger partial charge in [0.1, 0.15) is 0 Å². The lowest BCUT2D eigenvalue weighted by molar-refractivity contribution is 0.0237. The number of benzene rings is 1. The van der Waals surface area contributed by atoms with Crippen molar-refractivity contribution in [3.8, 4) is 11.4 Å². The molecule has 1 aliphatic rings. The van der Waals surface area contributed by atoms with Gasteiger partial charge in [0.15, 0.2) is 0 Å². The summed E-state index contributed by atoms with van der Waals surface area (Å²) in [5.41, 5.74) is 0.972. The van der Waals surface area contributed by atoms with E-state index < -0.39 is 0 Å². The Morgan fingerprint density at radius 1 is 1.30 bits per heavy atom. The summed E-state index contributed by atoms with van der Waals surface area (Å²) in [6.45, 7) is 3.95. The van der Waals surface area contributed by atoms with Crippen LogP contribution in [0.1, 0.15) is 38.5 Å². The summed E-state index contributed by atoms with van der Waals surface area (Å²) in [6.07, 6.45) is 4.78. The van der Waals surface area contributed by atoms with Crippen molar-refractivity contribution in [1.29, 1.82) is 0 Å². The average molecular weight is 315 g/mol. The molecule has 0 amide bonds.